The summed E-state index contributed by atoms with van der Waals surface area (Å²) in [5.74, 6) is -3.80. The average molecular weight is 485 g/mol. The standard InChI is InChI=1S/C22H27F3N4O3S/c1-21(24,25)16-4-2-15(3-5-16)12-29(17-6-7-17)20-18(23)19(27-14-28-20)26-13-22(30)8-10-33(31,32)11-9-22/h2-5,14,17,30H,6-13H2,1H3,(H,26,27,28). The van der Waals surface area contributed by atoms with Crippen molar-refractivity contribution >= 4 is 21.5 Å². The van der Waals surface area contributed by atoms with E-state index in [0.717, 1.165) is 25.3 Å². The number of nitrogens with one attached hydrogen (secondary N) is 1. The molecule has 11 heteroatoms. The lowest BCUT2D eigenvalue weighted by molar-refractivity contribution is 0.0174. The van der Waals surface area contributed by atoms with Gasteiger partial charge in [0, 0.05) is 31.6 Å². The van der Waals surface area contributed by atoms with E-state index in [1.54, 1.807) is 17.0 Å². The van der Waals surface area contributed by atoms with E-state index >= 15 is 4.39 Å². The van der Waals surface area contributed by atoms with Gasteiger partial charge in [-0.25, -0.2) is 27.2 Å². The van der Waals surface area contributed by atoms with Gasteiger partial charge in [0.2, 0.25) is 5.82 Å². The summed E-state index contributed by atoms with van der Waals surface area (Å²) in [6.07, 6.45) is 3.11. The fourth-order valence-electron chi connectivity index (χ4n) is 3.89. The van der Waals surface area contributed by atoms with Crippen LogP contribution in [0.5, 0.6) is 0 Å². The Morgan fingerprint density at radius 1 is 1.18 bits per heavy atom. The molecule has 1 aromatic heterocycles. The third-order valence-electron chi connectivity index (χ3n) is 6.19. The highest BCUT2D eigenvalue weighted by Gasteiger charge is 2.36. The predicted molar refractivity (Wildman–Crippen MR) is 119 cm³/mol. The molecule has 0 unspecified atom stereocenters. The van der Waals surface area contributed by atoms with Crippen LogP contribution in [0, 0.1) is 5.82 Å². The van der Waals surface area contributed by atoms with Crippen molar-refractivity contribution in [3.63, 3.8) is 0 Å². The van der Waals surface area contributed by atoms with Gasteiger partial charge >= 0.3 is 0 Å². The van der Waals surface area contributed by atoms with E-state index in [1.165, 1.54) is 18.5 Å². The van der Waals surface area contributed by atoms with Crippen LogP contribution in [0.1, 0.15) is 43.7 Å². The number of aromatic nitrogens is 2. The molecule has 7 nitrogen and oxygen atoms in total. The van der Waals surface area contributed by atoms with Crippen LogP contribution in [0.4, 0.5) is 24.8 Å². The van der Waals surface area contributed by atoms with E-state index < -0.39 is 27.2 Å². The quantitative estimate of drug-likeness (QED) is 0.594. The van der Waals surface area contributed by atoms with Crippen LogP contribution in [0.2, 0.25) is 0 Å². The van der Waals surface area contributed by atoms with Crippen LogP contribution in [0.25, 0.3) is 0 Å². The van der Waals surface area contributed by atoms with Gasteiger partial charge in [-0.3, -0.25) is 0 Å². The van der Waals surface area contributed by atoms with Crippen molar-refractivity contribution in [3.05, 3.63) is 47.5 Å². The zero-order valence-corrected chi connectivity index (χ0v) is 19.1. The summed E-state index contributed by atoms with van der Waals surface area (Å²) >= 11 is 0. The van der Waals surface area contributed by atoms with Crippen molar-refractivity contribution in [2.75, 3.05) is 28.3 Å². The maximum absolute atomic E-state index is 15.3. The zero-order valence-electron chi connectivity index (χ0n) is 18.3. The van der Waals surface area contributed by atoms with Crippen molar-refractivity contribution in [3.8, 4) is 0 Å². The summed E-state index contributed by atoms with van der Waals surface area (Å²) in [6.45, 7) is 1.10. The van der Waals surface area contributed by atoms with Gasteiger partial charge in [-0.2, -0.15) is 4.39 Å². The van der Waals surface area contributed by atoms with Crippen molar-refractivity contribution in [2.45, 2.75) is 56.7 Å². The molecule has 33 heavy (non-hydrogen) atoms. The second-order valence-corrected chi connectivity index (χ2v) is 11.3. The van der Waals surface area contributed by atoms with Crippen LogP contribution >= 0.6 is 0 Å². The van der Waals surface area contributed by atoms with Gasteiger partial charge in [0.15, 0.2) is 21.5 Å². The predicted octanol–water partition coefficient (Wildman–Crippen LogP) is 3.25. The summed E-state index contributed by atoms with van der Waals surface area (Å²) in [6, 6.07) is 6.03. The Hall–Kier alpha value is -2.40. The molecule has 2 heterocycles. The Balaban J connectivity index is 1.49. The molecule has 1 saturated heterocycles. The molecule has 1 saturated carbocycles. The lowest BCUT2D eigenvalue weighted by atomic mass is 9.97. The minimum Gasteiger partial charge on any atom is -0.388 e. The highest BCUT2D eigenvalue weighted by Crippen LogP contribution is 2.35. The first-order valence-electron chi connectivity index (χ1n) is 10.9. The van der Waals surface area contributed by atoms with E-state index in [2.05, 4.69) is 15.3 Å². The lowest BCUT2D eigenvalue weighted by Gasteiger charge is -2.32. The Morgan fingerprint density at radius 3 is 2.39 bits per heavy atom. The Kier molecular flexibility index (Phi) is 6.30. The van der Waals surface area contributed by atoms with Crippen molar-refractivity contribution in [1.82, 2.24) is 9.97 Å². The van der Waals surface area contributed by atoms with Gasteiger partial charge in [0.05, 0.1) is 17.1 Å². The van der Waals surface area contributed by atoms with E-state index in [1.807, 2.05) is 0 Å². The molecule has 0 spiro atoms. The minimum atomic E-state index is -3.14. The van der Waals surface area contributed by atoms with Crippen LogP contribution in [0.3, 0.4) is 0 Å². The molecule has 1 aromatic carbocycles. The monoisotopic (exact) mass is 484 g/mol. The number of hydrogen-bond donors (Lipinski definition) is 2. The summed E-state index contributed by atoms with van der Waals surface area (Å²) in [5.41, 5.74) is -0.597. The number of nitrogens with zero attached hydrogens (tertiary/aromatic N) is 3. The molecular weight excluding hydrogens is 457 g/mol. The minimum absolute atomic E-state index is 0.0357. The first-order valence-corrected chi connectivity index (χ1v) is 12.7. The third kappa shape index (κ3) is 5.75. The Morgan fingerprint density at radius 2 is 1.82 bits per heavy atom. The molecule has 4 rings (SSSR count). The van der Waals surface area contributed by atoms with Crippen molar-refractivity contribution < 1.29 is 26.7 Å². The normalized spacial score (nSPS) is 19.8. The molecule has 0 bridgehead atoms. The van der Waals surface area contributed by atoms with E-state index in [0.29, 0.717) is 6.54 Å². The first-order chi connectivity index (χ1) is 15.5. The fraction of sp³-hybridized carbons (Fsp3) is 0.545. The lowest BCUT2D eigenvalue weighted by Crippen LogP contribution is -2.44. The second kappa shape index (κ2) is 8.75. The summed E-state index contributed by atoms with van der Waals surface area (Å²) < 4.78 is 65.5. The molecular formula is C22H27F3N4O3S. The highest BCUT2D eigenvalue weighted by molar-refractivity contribution is 7.91. The zero-order chi connectivity index (χ0) is 23.9. The maximum Gasteiger partial charge on any atom is 0.270 e. The van der Waals surface area contributed by atoms with E-state index in [9.17, 15) is 22.3 Å². The number of hydrogen-bond acceptors (Lipinski definition) is 7. The molecule has 0 atom stereocenters. The van der Waals surface area contributed by atoms with Gasteiger partial charge in [0.25, 0.3) is 5.92 Å². The number of rotatable bonds is 8. The highest BCUT2D eigenvalue weighted by atomic mass is 32.2. The van der Waals surface area contributed by atoms with Crippen molar-refractivity contribution in [2.24, 2.45) is 0 Å². The maximum atomic E-state index is 15.3. The molecule has 1 aliphatic heterocycles. The van der Waals surface area contributed by atoms with Crippen LogP contribution in [-0.4, -0.2) is 53.2 Å². The van der Waals surface area contributed by atoms with Gasteiger partial charge in [-0.1, -0.05) is 24.3 Å². The van der Waals surface area contributed by atoms with Gasteiger partial charge in [-0.15, -0.1) is 0 Å². The van der Waals surface area contributed by atoms with E-state index in [4.69, 9.17) is 0 Å². The van der Waals surface area contributed by atoms with Gasteiger partial charge in [0.1, 0.15) is 6.33 Å². The fourth-order valence-corrected chi connectivity index (χ4v) is 5.48. The molecule has 2 N–H and O–H groups in total. The Labute approximate surface area is 191 Å². The summed E-state index contributed by atoms with van der Waals surface area (Å²) in [4.78, 5) is 9.87. The summed E-state index contributed by atoms with van der Waals surface area (Å²) in [5, 5.41) is 13.5. The number of benzene rings is 1. The SMILES string of the molecule is CC(F)(F)c1ccc(CN(c2ncnc(NCC3(O)CCS(=O)(=O)CC3)c2F)C2CC2)cc1. The molecule has 0 amide bonds. The smallest absolute Gasteiger partial charge is 0.270 e. The number of alkyl halides is 2. The third-order valence-corrected chi connectivity index (χ3v) is 7.84. The molecule has 180 valence electrons. The molecule has 1 aliphatic carbocycles. The average Bonchev–Trinajstić information content (AvgIpc) is 3.59. The largest absolute Gasteiger partial charge is 0.388 e. The van der Waals surface area contributed by atoms with Crippen LogP contribution in [0.15, 0.2) is 30.6 Å². The van der Waals surface area contributed by atoms with Crippen LogP contribution in [-0.2, 0) is 22.3 Å². The first kappa shape index (κ1) is 23.7. The van der Waals surface area contributed by atoms with Crippen molar-refractivity contribution in [1.29, 1.82) is 0 Å². The molecule has 2 fully saturated rings. The van der Waals surface area contributed by atoms with Gasteiger partial charge in [-0.05, 0) is 31.2 Å². The molecule has 2 aromatic rings. The summed E-state index contributed by atoms with van der Waals surface area (Å²) in [7, 11) is -3.14. The van der Waals surface area contributed by atoms with Crippen LogP contribution < -0.4 is 10.2 Å². The number of anilines is 2. The number of sulfone groups is 1. The van der Waals surface area contributed by atoms with Gasteiger partial charge < -0.3 is 15.3 Å². The Bertz CT molecular complexity index is 1090. The second-order valence-electron chi connectivity index (χ2n) is 9.03. The topological polar surface area (TPSA) is 95.4 Å². The molecule has 2 aliphatic rings. The number of halogens is 3. The van der Waals surface area contributed by atoms with E-state index in [-0.39, 0.29) is 54.1 Å². The number of aliphatic hydroxyl groups is 1. The molecule has 0 radical (unpaired) electrons.